The first kappa shape index (κ1) is 15.3. The number of rotatable bonds is 4. The van der Waals surface area contributed by atoms with E-state index in [1.54, 1.807) is 19.8 Å². The van der Waals surface area contributed by atoms with Gasteiger partial charge in [0.25, 0.3) is 0 Å². The SMILES string of the molecule is COC1(c2cnn(C)c2)C=C2CN(Cn3cncn3)CCC2=CC1. The van der Waals surface area contributed by atoms with Gasteiger partial charge in [0, 0.05) is 45.4 Å². The van der Waals surface area contributed by atoms with Gasteiger partial charge in [-0.25, -0.2) is 9.67 Å². The Balaban J connectivity index is 1.59. The van der Waals surface area contributed by atoms with Crippen molar-refractivity contribution in [3.63, 3.8) is 0 Å². The molecule has 0 bridgehead atoms. The molecule has 126 valence electrons. The Morgan fingerprint density at radius 3 is 2.92 bits per heavy atom. The second-order valence-electron chi connectivity index (χ2n) is 6.48. The number of ether oxygens (including phenoxy) is 1. The van der Waals surface area contributed by atoms with Crippen LogP contribution in [0.4, 0.5) is 0 Å². The van der Waals surface area contributed by atoms with E-state index in [9.17, 15) is 0 Å². The fourth-order valence-corrected chi connectivity index (χ4v) is 3.58. The molecule has 7 nitrogen and oxygen atoms in total. The second-order valence-corrected chi connectivity index (χ2v) is 6.48. The number of methoxy groups -OCH3 is 1. The van der Waals surface area contributed by atoms with Gasteiger partial charge in [0.1, 0.15) is 18.3 Å². The Morgan fingerprint density at radius 2 is 2.21 bits per heavy atom. The van der Waals surface area contributed by atoms with Gasteiger partial charge >= 0.3 is 0 Å². The Hall–Kier alpha value is -2.25. The van der Waals surface area contributed by atoms with Crippen LogP contribution in [0, 0.1) is 0 Å². The fraction of sp³-hybridized carbons (Fsp3) is 0.471. The third-order valence-electron chi connectivity index (χ3n) is 4.93. The summed E-state index contributed by atoms with van der Waals surface area (Å²) in [6.45, 7) is 2.70. The minimum Gasteiger partial charge on any atom is -0.369 e. The minimum absolute atomic E-state index is 0.413. The van der Waals surface area contributed by atoms with Crippen molar-refractivity contribution < 1.29 is 4.74 Å². The van der Waals surface area contributed by atoms with Crippen molar-refractivity contribution in [1.82, 2.24) is 29.4 Å². The lowest BCUT2D eigenvalue weighted by molar-refractivity contribution is 0.0283. The smallest absolute Gasteiger partial charge is 0.137 e. The zero-order valence-corrected chi connectivity index (χ0v) is 14.1. The van der Waals surface area contributed by atoms with Gasteiger partial charge in [-0.2, -0.15) is 10.2 Å². The quantitative estimate of drug-likeness (QED) is 0.851. The molecule has 2 aromatic heterocycles. The van der Waals surface area contributed by atoms with E-state index in [1.165, 1.54) is 11.1 Å². The van der Waals surface area contributed by atoms with Gasteiger partial charge in [-0.05, 0) is 23.6 Å². The van der Waals surface area contributed by atoms with Gasteiger partial charge in [0.15, 0.2) is 0 Å². The molecule has 0 aromatic carbocycles. The molecule has 1 unspecified atom stereocenters. The van der Waals surface area contributed by atoms with Gasteiger partial charge in [-0.15, -0.1) is 0 Å². The Kier molecular flexibility index (Phi) is 3.82. The summed E-state index contributed by atoms with van der Waals surface area (Å²) in [5.74, 6) is 0. The molecule has 0 radical (unpaired) electrons. The minimum atomic E-state index is -0.413. The van der Waals surface area contributed by atoms with E-state index >= 15 is 0 Å². The van der Waals surface area contributed by atoms with Gasteiger partial charge in [0.2, 0.25) is 0 Å². The summed E-state index contributed by atoms with van der Waals surface area (Å²) in [7, 11) is 3.71. The number of nitrogens with zero attached hydrogens (tertiary/aromatic N) is 6. The molecule has 0 saturated carbocycles. The van der Waals surface area contributed by atoms with E-state index in [1.807, 2.05) is 28.8 Å². The monoisotopic (exact) mass is 326 g/mol. The van der Waals surface area contributed by atoms with Crippen molar-refractivity contribution in [3.05, 3.63) is 53.9 Å². The number of aryl methyl sites for hydroxylation is 1. The molecule has 2 aromatic rings. The summed E-state index contributed by atoms with van der Waals surface area (Å²) in [6.07, 6.45) is 13.8. The zero-order chi connectivity index (χ0) is 16.6. The van der Waals surface area contributed by atoms with Crippen molar-refractivity contribution in [3.8, 4) is 0 Å². The Morgan fingerprint density at radius 1 is 1.29 bits per heavy atom. The largest absolute Gasteiger partial charge is 0.369 e. The third kappa shape index (κ3) is 2.70. The lowest BCUT2D eigenvalue weighted by Crippen LogP contribution is -2.37. The normalized spacial score (nSPS) is 24.4. The van der Waals surface area contributed by atoms with Crippen LogP contribution in [0.1, 0.15) is 18.4 Å². The predicted octanol–water partition coefficient (Wildman–Crippen LogP) is 1.47. The molecule has 1 aliphatic heterocycles. The van der Waals surface area contributed by atoms with E-state index in [-0.39, 0.29) is 0 Å². The summed E-state index contributed by atoms with van der Waals surface area (Å²) in [5, 5.41) is 8.52. The molecule has 1 atom stereocenters. The Labute approximate surface area is 141 Å². The van der Waals surface area contributed by atoms with Crippen molar-refractivity contribution in [1.29, 1.82) is 0 Å². The lowest BCUT2D eigenvalue weighted by Gasteiger charge is -2.37. The third-order valence-corrected chi connectivity index (χ3v) is 4.93. The summed E-state index contributed by atoms with van der Waals surface area (Å²) in [5.41, 5.74) is 3.48. The standard InChI is InChI=1S/C17H22N6O/c1-21-10-16(8-19-21)17(24-2)5-3-14-4-6-22(9-15(14)7-17)13-23-12-18-11-20-23/h3,7-8,10-12H,4-6,9,13H2,1-2H3. The number of piperidine rings is 1. The number of likely N-dealkylation sites (tertiary alicyclic amines) is 1. The van der Waals surface area contributed by atoms with Gasteiger partial charge in [0.05, 0.1) is 12.9 Å². The maximum absolute atomic E-state index is 5.95. The first-order valence-electron chi connectivity index (χ1n) is 8.19. The van der Waals surface area contributed by atoms with Crippen LogP contribution in [0.2, 0.25) is 0 Å². The summed E-state index contributed by atoms with van der Waals surface area (Å²) >= 11 is 0. The highest BCUT2D eigenvalue weighted by molar-refractivity contribution is 5.43. The molecule has 7 heteroatoms. The number of fused-ring (bicyclic) bond motifs is 1. The molecular formula is C17H22N6O. The van der Waals surface area contributed by atoms with Crippen LogP contribution in [0.3, 0.4) is 0 Å². The van der Waals surface area contributed by atoms with Gasteiger partial charge in [-0.3, -0.25) is 9.58 Å². The van der Waals surface area contributed by atoms with Crippen LogP contribution in [0.25, 0.3) is 0 Å². The highest BCUT2D eigenvalue weighted by Gasteiger charge is 2.35. The van der Waals surface area contributed by atoms with Crippen molar-refractivity contribution in [2.75, 3.05) is 20.2 Å². The number of hydrogen-bond acceptors (Lipinski definition) is 5. The highest BCUT2D eigenvalue weighted by atomic mass is 16.5. The predicted molar refractivity (Wildman–Crippen MR) is 88.9 cm³/mol. The van der Waals surface area contributed by atoms with E-state index in [0.29, 0.717) is 0 Å². The molecule has 3 heterocycles. The van der Waals surface area contributed by atoms with E-state index in [4.69, 9.17) is 4.74 Å². The van der Waals surface area contributed by atoms with E-state index < -0.39 is 5.60 Å². The number of aromatic nitrogens is 5. The summed E-state index contributed by atoms with van der Waals surface area (Å²) in [4.78, 5) is 6.40. The first-order chi connectivity index (χ1) is 11.7. The topological polar surface area (TPSA) is 61.0 Å². The lowest BCUT2D eigenvalue weighted by atomic mass is 9.81. The van der Waals surface area contributed by atoms with Crippen LogP contribution in [-0.2, 0) is 24.1 Å². The molecule has 1 fully saturated rings. The molecule has 4 rings (SSSR count). The van der Waals surface area contributed by atoms with Crippen LogP contribution >= 0.6 is 0 Å². The molecule has 24 heavy (non-hydrogen) atoms. The van der Waals surface area contributed by atoms with E-state index in [2.05, 4.69) is 32.2 Å². The summed E-state index contributed by atoms with van der Waals surface area (Å²) in [6, 6.07) is 0. The molecule has 0 N–H and O–H groups in total. The average Bonchev–Trinajstić information content (AvgIpc) is 3.26. The van der Waals surface area contributed by atoms with Crippen LogP contribution < -0.4 is 0 Å². The van der Waals surface area contributed by atoms with Crippen molar-refractivity contribution in [2.45, 2.75) is 25.1 Å². The van der Waals surface area contributed by atoms with Crippen molar-refractivity contribution in [2.24, 2.45) is 7.05 Å². The fourth-order valence-electron chi connectivity index (χ4n) is 3.58. The van der Waals surface area contributed by atoms with Crippen LogP contribution in [0.5, 0.6) is 0 Å². The molecule has 0 spiro atoms. The van der Waals surface area contributed by atoms with Gasteiger partial charge < -0.3 is 4.74 Å². The molecule has 2 aliphatic rings. The number of hydrogen-bond donors (Lipinski definition) is 0. The maximum atomic E-state index is 5.95. The van der Waals surface area contributed by atoms with Crippen LogP contribution in [-0.4, -0.2) is 49.6 Å². The van der Waals surface area contributed by atoms with Crippen LogP contribution in [0.15, 0.2) is 48.3 Å². The molecule has 1 saturated heterocycles. The molecule has 0 amide bonds. The Bertz CT molecular complexity index is 775. The molecular weight excluding hydrogens is 304 g/mol. The first-order valence-corrected chi connectivity index (χ1v) is 8.19. The average molecular weight is 326 g/mol. The zero-order valence-electron chi connectivity index (χ0n) is 14.1. The van der Waals surface area contributed by atoms with Gasteiger partial charge in [-0.1, -0.05) is 6.08 Å². The van der Waals surface area contributed by atoms with Crippen molar-refractivity contribution >= 4 is 0 Å². The highest BCUT2D eigenvalue weighted by Crippen LogP contribution is 2.39. The second kappa shape index (κ2) is 5.99. The molecule has 1 aliphatic carbocycles. The maximum Gasteiger partial charge on any atom is 0.137 e. The summed E-state index contributed by atoms with van der Waals surface area (Å²) < 4.78 is 9.64. The van der Waals surface area contributed by atoms with E-state index in [0.717, 1.165) is 38.2 Å².